The number of hydrogen-bond donors (Lipinski definition) is 1. The summed E-state index contributed by atoms with van der Waals surface area (Å²) in [5.41, 5.74) is 1.20. The topological polar surface area (TPSA) is 60.5 Å². The van der Waals surface area contributed by atoms with Crippen LogP contribution >= 0.6 is 0 Å². The molecule has 0 amide bonds. The lowest BCUT2D eigenvalue weighted by Gasteiger charge is -2.09. The molecule has 0 aliphatic carbocycles. The zero-order chi connectivity index (χ0) is 10.8. The van der Waals surface area contributed by atoms with E-state index in [4.69, 9.17) is 0 Å². The Labute approximate surface area is 87.9 Å². The van der Waals surface area contributed by atoms with Crippen molar-refractivity contribution >= 4 is 17.3 Å². The number of rotatable bonds is 2. The summed E-state index contributed by atoms with van der Waals surface area (Å²) in [5.74, 6) is 0.657. The Balaban J connectivity index is 2.24. The minimum Gasteiger partial charge on any atom is -0.505 e. The quantitative estimate of drug-likeness (QED) is 0.722. The third kappa shape index (κ3) is 2.02. The molecule has 78 valence electrons. The molecule has 0 radical (unpaired) electrons. The smallest absolute Gasteiger partial charge is 0.153 e. The van der Waals surface area contributed by atoms with Crippen molar-refractivity contribution in [1.82, 2.24) is 4.90 Å². The molecular formula is C10H12N4O. The van der Waals surface area contributed by atoms with Crippen molar-refractivity contribution in [1.29, 1.82) is 0 Å². The van der Waals surface area contributed by atoms with E-state index in [0.29, 0.717) is 23.9 Å². The van der Waals surface area contributed by atoms with Crippen LogP contribution in [0.4, 0.5) is 0 Å². The van der Waals surface area contributed by atoms with Crippen LogP contribution in [-0.2, 0) is 0 Å². The highest BCUT2D eigenvalue weighted by Gasteiger charge is 2.20. The zero-order valence-electron chi connectivity index (χ0n) is 8.68. The standard InChI is InChI=1S/C10H12N4O/c1-14(2)6-12-9-5-8(15)10-7(13-9)3-4-11-10/h3-5,15H,6H2,1-2H3. The van der Waals surface area contributed by atoms with Crippen molar-refractivity contribution in [2.45, 2.75) is 0 Å². The van der Waals surface area contributed by atoms with Gasteiger partial charge >= 0.3 is 0 Å². The number of aliphatic hydroxyl groups is 1. The van der Waals surface area contributed by atoms with Gasteiger partial charge in [0.2, 0.25) is 0 Å². The van der Waals surface area contributed by atoms with Crippen molar-refractivity contribution in [3.8, 4) is 0 Å². The maximum Gasteiger partial charge on any atom is 0.153 e. The first-order valence-corrected chi connectivity index (χ1v) is 4.60. The van der Waals surface area contributed by atoms with Crippen LogP contribution in [0.3, 0.4) is 0 Å². The van der Waals surface area contributed by atoms with E-state index in [0.717, 1.165) is 0 Å². The van der Waals surface area contributed by atoms with Gasteiger partial charge in [-0.25, -0.2) is 4.99 Å². The first-order chi connectivity index (χ1) is 7.16. The summed E-state index contributed by atoms with van der Waals surface area (Å²) in [7, 11) is 3.85. The predicted octanol–water partition coefficient (Wildman–Crippen LogP) is 0.769. The second-order valence-electron chi connectivity index (χ2n) is 3.56. The molecule has 1 N–H and O–H groups in total. The highest BCUT2D eigenvalue weighted by Crippen LogP contribution is 2.11. The molecule has 2 rings (SSSR count). The summed E-state index contributed by atoms with van der Waals surface area (Å²) in [6.07, 6.45) is 4.90. The molecule has 2 aliphatic heterocycles. The number of aliphatic hydroxyl groups excluding tert-OH is 1. The maximum atomic E-state index is 9.63. The fraction of sp³-hybridized carbons (Fsp3) is 0.300. The molecule has 0 saturated carbocycles. The lowest BCUT2D eigenvalue weighted by molar-refractivity contribution is 0.424. The molecule has 0 aromatic carbocycles. The Morgan fingerprint density at radius 2 is 2.27 bits per heavy atom. The molecule has 0 atom stereocenters. The highest BCUT2D eigenvalue weighted by molar-refractivity contribution is 6.55. The average molecular weight is 204 g/mol. The molecule has 2 aliphatic rings. The van der Waals surface area contributed by atoms with Crippen LogP contribution < -0.4 is 0 Å². The predicted molar refractivity (Wildman–Crippen MR) is 60.7 cm³/mol. The lowest BCUT2D eigenvalue weighted by atomic mass is 10.1. The highest BCUT2D eigenvalue weighted by atomic mass is 16.3. The minimum atomic E-state index is 0.127. The van der Waals surface area contributed by atoms with Gasteiger partial charge in [-0.2, -0.15) is 0 Å². The van der Waals surface area contributed by atoms with Crippen LogP contribution in [0.15, 0.2) is 39.1 Å². The number of hydrogen-bond acceptors (Lipinski definition) is 4. The molecular weight excluding hydrogens is 192 g/mol. The van der Waals surface area contributed by atoms with Gasteiger partial charge in [0.1, 0.15) is 11.5 Å². The molecule has 0 bridgehead atoms. The molecule has 0 unspecified atom stereocenters. The number of nitrogens with zero attached hydrogens (tertiary/aromatic N) is 4. The Morgan fingerprint density at radius 1 is 1.47 bits per heavy atom. The van der Waals surface area contributed by atoms with Gasteiger partial charge in [0, 0.05) is 12.3 Å². The number of amidine groups is 1. The first kappa shape index (κ1) is 9.79. The van der Waals surface area contributed by atoms with Crippen molar-refractivity contribution in [2.24, 2.45) is 15.0 Å². The van der Waals surface area contributed by atoms with Gasteiger partial charge in [0.25, 0.3) is 0 Å². The molecule has 0 aromatic heterocycles. The fourth-order valence-corrected chi connectivity index (χ4v) is 1.26. The average Bonchev–Trinajstić information content (AvgIpc) is 2.63. The van der Waals surface area contributed by atoms with E-state index in [1.54, 1.807) is 12.3 Å². The third-order valence-corrected chi connectivity index (χ3v) is 1.94. The fourth-order valence-electron chi connectivity index (χ4n) is 1.26. The summed E-state index contributed by atoms with van der Waals surface area (Å²) in [6, 6.07) is 0. The van der Waals surface area contributed by atoms with Gasteiger partial charge in [-0.1, -0.05) is 0 Å². The van der Waals surface area contributed by atoms with Crippen molar-refractivity contribution in [3.63, 3.8) is 0 Å². The molecule has 0 fully saturated rings. The van der Waals surface area contributed by atoms with Crippen molar-refractivity contribution < 1.29 is 5.11 Å². The Hall–Kier alpha value is -1.75. The SMILES string of the molecule is CN(C)CN=C1C=C(O)C2=NC=CC2=N1. The van der Waals surface area contributed by atoms with Crippen molar-refractivity contribution in [3.05, 3.63) is 24.1 Å². The molecule has 5 heteroatoms. The second-order valence-corrected chi connectivity index (χ2v) is 3.56. The molecule has 0 aromatic rings. The normalized spacial score (nSPS) is 21.5. The molecule has 0 spiro atoms. The molecule has 5 nitrogen and oxygen atoms in total. The summed E-state index contributed by atoms with van der Waals surface area (Å²) >= 11 is 0. The maximum absolute atomic E-state index is 9.63. The second kappa shape index (κ2) is 3.78. The van der Waals surface area contributed by atoms with E-state index < -0.39 is 0 Å². The first-order valence-electron chi connectivity index (χ1n) is 4.60. The number of allylic oxidation sites excluding steroid dienone is 2. The third-order valence-electron chi connectivity index (χ3n) is 1.94. The largest absolute Gasteiger partial charge is 0.505 e. The summed E-state index contributed by atoms with van der Waals surface area (Å²) in [5, 5.41) is 9.63. The lowest BCUT2D eigenvalue weighted by Crippen LogP contribution is -2.20. The molecule has 0 saturated heterocycles. The van der Waals surface area contributed by atoms with E-state index in [2.05, 4.69) is 15.0 Å². The van der Waals surface area contributed by atoms with Crippen LogP contribution in [-0.4, -0.2) is 48.0 Å². The van der Waals surface area contributed by atoms with Crippen LogP contribution in [0.2, 0.25) is 0 Å². The van der Waals surface area contributed by atoms with E-state index in [-0.39, 0.29) is 5.76 Å². The Morgan fingerprint density at radius 3 is 3.00 bits per heavy atom. The number of fused-ring (bicyclic) bond motifs is 1. The van der Waals surface area contributed by atoms with Gasteiger partial charge < -0.3 is 5.11 Å². The van der Waals surface area contributed by atoms with Crippen LogP contribution in [0, 0.1) is 0 Å². The van der Waals surface area contributed by atoms with Crippen LogP contribution in [0.1, 0.15) is 0 Å². The van der Waals surface area contributed by atoms with Gasteiger partial charge in [0.05, 0.1) is 12.4 Å². The van der Waals surface area contributed by atoms with Crippen molar-refractivity contribution in [2.75, 3.05) is 20.8 Å². The summed E-state index contributed by atoms with van der Waals surface area (Å²) in [6.45, 7) is 0.548. The Kier molecular flexibility index (Phi) is 2.47. The van der Waals surface area contributed by atoms with E-state index in [1.807, 2.05) is 19.0 Å². The monoisotopic (exact) mass is 204 g/mol. The zero-order valence-corrected chi connectivity index (χ0v) is 8.68. The number of dihydropyridines is 1. The van der Waals surface area contributed by atoms with E-state index >= 15 is 0 Å². The minimum absolute atomic E-state index is 0.127. The summed E-state index contributed by atoms with van der Waals surface area (Å²) in [4.78, 5) is 14.4. The summed E-state index contributed by atoms with van der Waals surface area (Å²) < 4.78 is 0. The van der Waals surface area contributed by atoms with Gasteiger partial charge in [-0.3, -0.25) is 14.9 Å². The molecule has 15 heavy (non-hydrogen) atoms. The Bertz CT molecular complexity index is 427. The van der Waals surface area contributed by atoms with E-state index in [1.165, 1.54) is 6.08 Å². The number of aliphatic imine (C=N–C) groups is 3. The van der Waals surface area contributed by atoms with Gasteiger partial charge in [-0.05, 0) is 20.2 Å². The van der Waals surface area contributed by atoms with Gasteiger partial charge in [-0.15, -0.1) is 0 Å². The molecule has 2 heterocycles. The van der Waals surface area contributed by atoms with Crippen LogP contribution in [0.25, 0.3) is 0 Å². The van der Waals surface area contributed by atoms with Crippen LogP contribution in [0.5, 0.6) is 0 Å². The van der Waals surface area contributed by atoms with Gasteiger partial charge in [0.15, 0.2) is 5.84 Å². The van der Waals surface area contributed by atoms with E-state index in [9.17, 15) is 5.11 Å².